The number of carbonyl (C=O) groups excluding carboxylic acids is 2. The number of anilines is 2. The van der Waals surface area contributed by atoms with Gasteiger partial charge in [0.2, 0.25) is 0 Å². The third kappa shape index (κ3) is 6.12. The zero-order chi connectivity index (χ0) is 22.4. The molecule has 0 bridgehead atoms. The maximum absolute atomic E-state index is 12.6. The van der Waals surface area contributed by atoms with Gasteiger partial charge in [0.25, 0.3) is 11.8 Å². The maximum atomic E-state index is 12.6. The van der Waals surface area contributed by atoms with Gasteiger partial charge in [-0.2, -0.15) is 0 Å². The van der Waals surface area contributed by atoms with Crippen molar-refractivity contribution in [3.05, 3.63) is 53.1 Å². The van der Waals surface area contributed by atoms with Gasteiger partial charge in [0.1, 0.15) is 5.75 Å². The largest absolute Gasteiger partial charge is 0.484 e. The fraction of sp³-hybridized carbons (Fsp3) is 0.391. The van der Waals surface area contributed by atoms with Crippen molar-refractivity contribution in [3.63, 3.8) is 0 Å². The second kappa shape index (κ2) is 10.5. The van der Waals surface area contributed by atoms with E-state index in [2.05, 4.69) is 22.0 Å². The summed E-state index contributed by atoms with van der Waals surface area (Å²) in [5, 5.41) is 3.54. The summed E-state index contributed by atoms with van der Waals surface area (Å²) >= 11 is 5.88. The molecule has 0 aliphatic carbocycles. The summed E-state index contributed by atoms with van der Waals surface area (Å²) in [6, 6.07) is 12.3. The number of nitrogens with one attached hydrogen (secondary N) is 1. The Morgan fingerprint density at radius 3 is 2.35 bits per heavy atom. The van der Waals surface area contributed by atoms with Crippen LogP contribution in [0.15, 0.2) is 42.5 Å². The van der Waals surface area contributed by atoms with Crippen molar-refractivity contribution in [1.29, 1.82) is 0 Å². The van der Waals surface area contributed by atoms with Crippen LogP contribution in [0, 0.1) is 0 Å². The summed E-state index contributed by atoms with van der Waals surface area (Å²) in [5.74, 6) is 0.153. The van der Waals surface area contributed by atoms with Crippen LogP contribution >= 0.6 is 11.6 Å². The first-order valence-electron chi connectivity index (χ1n) is 10.4. The minimum Gasteiger partial charge on any atom is -0.484 e. The molecule has 2 aromatic carbocycles. The van der Waals surface area contributed by atoms with Crippen molar-refractivity contribution in [2.75, 3.05) is 63.6 Å². The van der Waals surface area contributed by atoms with Crippen LogP contribution in [-0.2, 0) is 4.79 Å². The van der Waals surface area contributed by atoms with Crippen molar-refractivity contribution in [2.24, 2.45) is 0 Å². The lowest BCUT2D eigenvalue weighted by Crippen LogP contribution is -2.46. The highest BCUT2D eigenvalue weighted by atomic mass is 35.5. The Kier molecular flexibility index (Phi) is 7.76. The van der Waals surface area contributed by atoms with Crippen LogP contribution in [0.4, 0.5) is 11.4 Å². The Labute approximate surface area is 188 Å². The molecule has 7 nitrogen and oxygen atoms in total. The molecule has 0 spiro atoms. The molecule has 8 heteroatoms. The predicted octanol–water partition coefficient (Wildman–Crippen LogP) is 3.20. The van der Waals surface area contributed by atoms with Crippen molar-refractivity contribution in [3.8, 4) is 5.75 Å². The summed E-state index contributed by atoms with van der Waals surface area (Å²) < 4.78 is 5.56. The molecule has 31 heavy (non-hydrogen) atoms. The quantitative estimate of drug-likeness (QED) is 0.710. The molecule has 2 aromatic rings. The van der Waals surface area contributed by atoms with E-state index in [4.69, 9.17) is 16.3 Å². The van der Waals surface area contributed by atoms with E-state index in [1.165, 1.54) is 4.90 Å². The standard InChI is InChI=1S/C23H29ClN4O3/c1-4-27-11-13-28(14-12-27)21-10-5-17(23(30)26(2)3)15-20(21)25-22(29)16-31-19-8-6-18(24)7-9-19/h5-10,15H,4,11-14,16H2,1-3H3,(H,25,29). The summed E-state index contributed by atoms with van der Waals surface area (Å²) in [5.41, 5.74) is 2.04. The fourth-order valence-electron chi connectivity index (χ4n) is 3.47. The number of rotatable bonds is 7. The van der Waals surface area contributed by atoms with Crippen molar-refractivity contribution in [1.82, 2.24) is 9.80 Å². The first-order chi connectivity index (χ1) is 14.9. The summed E-state index contributed by atoms with van der Waals surface area (Å²) in [7, 11) is 3.41. The Bertz CT molecular complexity index is 910. The van der Waals surface area contributed by atoms with Gasteiger partial charge in [0.05, 0.1) is 11.4 Å². The number of likely N-dealkylation sites (N-methyl/N-ethyl adjacent to an activating group) is 1. The molecule has 1 N–H and O–H groups in total. The zero-order valence-corrected chi connectivity index (χ0v) is 19.0. The highest BCUT2D eigenvalue weighted by Crippen LogP contribution is 2.29. The average Bonchev–Trinajstić information content (AvgIpc) is 2.78. The number of benzene rings is 2. The number of ether oxygens (including phenoxy) is 1. The number of carbonyl (C=O) groups is 2. The molecule has 1 aliphatic rings. The van der Waals surface area contributed by atoms with Gasteiger partial charge in [0, 0.05) is 50.9 Å². The number of piperazine rings is 1. The SMILES string of the molecule is CCN1CCN(c2ccc(C(=O)N(C)C)cc2NC(=O)COc2ccc(Cl)cc2)CC1. The Hall–Kier alpha value is -2.77. The number of nitrogens with zero attached hydrogens (tertiary/aromatic N) is 3. The number of hydrogen-bond donors (Lipinski definition) is 1. The Morgan fingerprint density at radius 2 is 1.74 bits per heavy atom. The van der Waals surface area contributed by atoms with Crippen LogP contribution in [0.5, 0.6) is 5.75 Å². The topological polar surface area (TPSA) is 65.1 Å². The van der Waals surface area contributed by atoms with Crippen LogP contribution < -0.4 is 15.0 Å². The minimum absolute atomic E-state index is 0.115. The molecule has 3 rings (SSSR count). The molecule has 166 valence electrons. The van der Waals surface area contributed by atoms with E-state index < -0.39 is 0 Å². The molecule has 0 unspecified atom stereocenters. The molecule has 1 saturated heterocycles. The number of hydrogen-bond acceptors (Lipinski definition) is 5. The molecule has 0 saturated carbocycles. The second-order valence-electron chi connectivity index (χ2n) is 7.64. The molecule has 0 atom stereocenters. The summed E-state index contributed by atoms with van der Waals surface area (Å²) in [4.78, 5) is 31.2. The first-order valence-corrected chi connectivity index (χ1v) is 10.8. The highest BCUT2D eigenvalue weighted by molar-refractivity contribution is 6.30. The van der Waals surface area contributed by atoms with Crippen LogP contribution in [0.3, 0.4) is 0 Å². The first kappa shape index (κ1) is 22.9. The minimum atomic E-state index is -0.294. The lowest BCUT2D eigenvalue weighted by Gasteiger charge is -2.36. The third-order valence-electron chi connectivity index (χ3n) is 5.27. The van der Waals surface area contributed by atoms with Gasteiger partial charge in [0.15, 0.2) is 6.61 Å². The molecule has 1 heterocycles. The molecule has 1 fully saturated rings. The lowest BCUT2D eigenvalue weighted by atomic mass is 10.1. The number of amides is 2. The normalized spacial score (nSPS) is 14.3. The molecule has 2 amide bonds. The Balaban J connectivity index is 1.76. The molecular formula is C23H29ClN4O3. The van der Waals surface area contributed by atoms with Gasteiger partial charge in [-0.15, -0.1) is 0 Å². The van der Waals surface area contributed by atoms with Crippen molar-refractivity contribution in [2.45, 2.75) is 6.92 Å². The van der Waals surface area contributed by atoms with Gasteiger partial charge >= 0.3 is 0 Å². The van der Waals surface area contributed by atoms with Crippen molar-refractivity contribution >= 4 is 34.8 Å². The molecule has 1 aliphatic heterocycles. The van der Waals surface area contributed by atoms with Gasteiger partial charge < -0.3 is 24.8 Å². The van der Waals surface area contributed by atoms with Crippen LogP contribution in [-0.4, -0.2) is 75.0 Å². The Morgan fingerprint density at radius 1 is 1.06 bits per heavy atom. The molecule has 0 radical (unpaired) electrons. The zero-order valence-electron chi connectivity index (χ0n) is 18.2. The van der Waals surface area contributed by atoms with Crippen LogP contribution in [0.1, 0.15) is 17.3 Å². The summed E-state index contributed by atoms with van der Waals surface area (Å²) in [6.07, 6.45) is 0. The smallest absolute Gasteiger partial charge is 0.262 e. The van der Waals surface area contributed by atoms with Gasteiger partial charge in [-0.1, -0.05) is 18.5 Å². The van der Waals surface area contributed by atoms with E-state index in [1.807, 2.05) is 12.1 Å². The monoisotopic (exact) mass is 444 g/mol. The highest BCUT2D eigenvalue weighted by Gasteiger charge is 2.21. The summed E-state index contributed by atoms with van der Waals surface area (Å²) in [6.45, 7) is 6.68. The molecular weight excluding hydrogens is 416 g/mol. The third-order valence-corrected chi connectivity index (χ3v) is 5.52. The lowest BCUT2D eigenvalue weighted by molar-refractivity contribution is -0.118. The maximum Gasteiger partial charge on any atom is 0.262 e. The average molecular weight is 445 g/mol. The van der Waals surface area contributed by atoms with E-state index in [0.717, 1.165) is 38.4 Å². The van der Waals surface area contributed by atoms with Crippen LogP contribution in [0.25, 0.3) is 0 Å². The van der Waals surface area contributed by atoms with E-state index in [1.54, 1.807) is 44.4 Å². The second-order valence-corrected chi connectivity index (χ2v) is 8.08. The van der Waals surface area contributed by atoms with Gasteiger partial charge in [-0.3, -0.25) is 9.59 Å². The van der Waals surface area contributed by atoms with E-state index in [0.29, 0.717) is 22.0 Å². The van der Waals surface area contributed by atoms with Crippen molar-refractivity contribution < 1.29 is 14.3 Å². The van der Waals surface area contributed by atoms with E-state index in [-0.39, 0.29) is 18.4 Å². The van der Waals surface area contributed by atoms with E-state index in [9.17, 15) is 9.59 Å². The molecule has 0 aromatic heterocycles. The van der Waals surface area contributed by atoms with Gasteiger partial charge in [-0.25, -0.2) is 0 Å². The van der Waals surface area contributed by atoms with Crippen LogP contribution in [0.2, 0.25) is 5.02 Å². The van der Waals surface area contributed by atoms with E-state index >= 15 is 0 Å². The number of halogens is 1. The fourth-order valence-corrected chi connectivity index (χ4v) is 3.60. The predicted molar refractivity (Wildman–Crippen MR) is 124 cm³/mol. The van der Waals surface area contributed by atoms with Gasteiger partial charge in [-0.05, 0) is 49.0 Å².